The Morgan fingerprint density at radius 3 is 2.78 bits per heavy atom. The Balaban J connectivity index is 1.79. The lowest BCUT2D eigenvalue weighted by Crippen LogP contribution is -2.43. The van der Waals surface area contributed by atoms with E-state index in [1.54, 1.807) is 17.1 Å². The number of carboxylic acid groups (broad SMARTS) is 1. The van der Waals surface area contributed by atoms with E-state index in [0.29, 0.717) is 25.4 Å². The predicted molar refractivity (Wildman–Crippen MR) is 65.9 cm³/mol. The van der Waals surface area contributed by atoms with Crippen molar-refractivity contribution >= 4 is 12.0 Å². The molecule has 2 aliphatic rings. The molecule has 3 atom stereocenters. The highest BCUT2D eigenvalue weighted by atomic mass is 16.4. The number of carboxylic acids is 1. The number of amides is 2. The van der Waals surface area contributed by atoms with Crippen LogP contribution in [0.2, 0.25) is 0 Å². The van der Waals surface area contributed by atoms with E-state index in [4.69, 9.17) is 10.8 Å². The fourth-order valence-corrected chi connectivity index (χ4v) is 2.45. The van der Waals surface area contributed by atoms with E-state index in [0.717, 1.165) is 13.0 Å². The van der Waals surface area contributed by atoms with Gasteiger partial charge in [-0.1, -0.05) is 12.2 Å². The van der Waals surface area contributed by atoms with Crippen LogP contribution in [0.5, 0.6) is 0 Å². The summed E-state index contributed by atoms with van der Waals surface area (Å²) in [7, 11) is 0. The zero-order valence-corrected chi connectivity index (χ0v) is 10.2. The fraction of sp³-hybridized carbons (Fsp3) is 0.667. The van der Waals surface area contributed by atoms with Gasteiger partial charge in [-0.15, -0.1) is 0 Å². The largest absolute Gasteiger partial charge is 0.481 e. The molecule has 3 unspecified atom stereocenters. The molecule has 1 saturated heterocycles. The number of carbonyl (C=O) groups is 2. The van der Waals surface area contributed by atoms with Crippen molar-refractivity contribution in [2.24, 2.45) is 17.6 Å². The third kappa shape index (κ3) is 2.81. The highest BCUT2D eigenvalue weighted by molar-refractivity contribution is 5.76. The number of hydrogen-bond donors (Lipinski definition) is 3. The SMILES string of the molecule is NCC1CCN(C(=O)NC2C=CC(C(=O)O)C2)C1. The lowest BCUT2D eigenvalue weighted by atomic mass is 10.1. The molecule has 100 valence electrons. The molecular formula is C12H19N3O3. The summed E-state index contributed by atoms with van der Waals surface area (Å²) < 4.78 is 0. The van der Waals surface area contributed by atoms with E-state index < -0.39 is 11.9 Å². The minimum Gasteiger partial charge on any atom is -0.481 e. The van der Waals surface area contributed by atoms with Crippen molar-refractivity contribution < 1.29 is 14.7 Å². The van der Waals surface area contributed by atoms with Gasteiger partial charge in [-0.2, -0.15) is 0 Å². The second kappa shape index (κ2) is 5.39. The van der Waals surface area contributed by atoms with Crippen molar-refractivity contribution in [3.05, 3.63) is 12.2 Å². The van der Waals surface area contributed by atoms with Gasteiger partial charge >= 0.3 is 12.0 Å². The maximum Gasteiger partial charge on any atom is 0.317 e. The number of nitrogens with zero attached hydrogens (tertiary/aromatic N) is 1. The van der Waals surface area contributed by atoms with Gasteiger partial charge < -0.3 is 21.1 Å². The van der Waals surface area contributed by atoms with E-state index in [2.05, 4.69) is 5.32 Å². The first-order valence-electron chi connectivity index (χ1n) is 6.26. The minimum absolute atomic E-state index is 0.119. The molecule has 1 fully saturated rings. The van der Waals surface area contributed by atoms with Crippen LogP contribution < -0.4 is 11.1 Å². The highest BCUT2D eigenvalue weighted by Crippen LogP contribution is 2.19. The Morgan fingerprint density at radius 1 is 1.44 bits per heavy atom. The van der Waals surface area contributed by atoms with Crippen LogP contribution in [0.3, 0.4) is 0 Å². The standard InChI is InChI=1S/C12H19N3O3/c13-6-8-3-4-15(7-8)12(18)14-10-2-1-9(5-10)11(16)17/h1-2,8-10H,3-7,13H2,(H,14,18)(H,16,17). The predicted octanol–water partition coefficient (Wildman–Crippen LogP) is 0.00590. The summed E-state index contributed by atoms with van der Waals surface area (Å²) in [6.07, 6.45) is 4.78. The molecule has 6 heteroatoms. The summed E-state index contributed by atoms with van der Waals surface area (Å²) in [5.74, 6) is -0.931. The summed E-state index contributed by atoms with van der Waals surface area (Å²) in [4.78, 5) is 24.5. The maximum absolute atomic E-state index is 11.9. The Morgan fingerprint density at radius 2 is 2.22 bits per heavy atom. The zero-order valence-electron chi connectivity index (χ0n) is 10.2. The van der Waals surface area contributed by atoms with Gasteiger partial charge in [0.05, 0.1) is 12.0 Å². The summed E-state index contributed by atoms with van der Waals surface area (Å²) >= 11 is 0. The quantitative estimate of drug-likeness (QED) is 0.617. The van der Waals surface area contributed by atoms with Gasteiger partial charge in [0, 0.05) is 13.1 Å². The van der Waals surface area contributed by atoms with Crippen LogP contribution in [0.4, 0.5) is 4.79 Å². The Bertz CT molecular complexity index is 370. The molecule has 0 saturated carbocycles. The van der Waals surface area contributed by atoms with Gasteiger partial charge in [-0.3, -0.25) is 4.79 Å². The Kier molecular flexibility index (Phi) is 3.86. The minimum atomic E-state index is -0.840. The monoisotopic (exact) mass is 253 g/mol. The zero-order chi connectivity index (χ0) is 13.1. The smallest absolute Gasteiger partial charge is 0.317 e. The van der Waals surface area contributed by atoms with E-state index in [1.807, 2.05) is 0 Å². The van der Waals surface area contributed by atoms with Crippen molar-refractivity contribution in [3.63, 3.8) is 0 Å². The summed E-state index contributed by atoms with van der Waals surface area (Å²) in [6, 6.07) is -0.290. The normalized spacial score (nSPS) is 30.7. The molecule has 1 aliphatic heterocycles. The number of rotatable bonds is 3. The maximum atomic E-state index is 11.9. The molecule has 6 nitrogen and oxygen atoms in total. The molecule has 0 bridgehead atoms. The number of aliphatic carboxylic acids is 1. The van der Waals surface area contributed by atoms with Gasteiger partial charge in [0.25, 0.3) is 0 Å². The molecule has 0 aromatic carbocycles. The Labute approximate surface area is 106 Å². The second-order valence-corrected chi connectivity index (χ2v) is 4.96. The summed E-state index contributed by atoms with van der Waals surface area (Å²) in [6.45, 7) is 2.03. The first-order chi connectivity index (χ1) is 8.60. The van der Waals surface area contributed by atoms with Crippen LogP contribution >= 0.6 is 0 Å². The third-order valence-corrected chi connectivity index (χ3v) is 3.62. The number of nitrogens with one attached hydrogen (secondary N) is 1. The van der Waals surface area contributed by atoms with Crippen LogP contribution in [0.15, 0.2) is 12.2 Å². The Hall–Kier alpha value is -1.56. The first kappa shape index (κ1) is 12.9. The van der Waals surface area contributed by atoms with E-state index >= 15 is 0 Å². The fourth-order valence-electron chi connectivity index (χ4n) is 2.45. The van der Waals surface area contributed by atoms with Gasteiger partial charge in [-0.05, 0) is 25.3 Å². The third-order valence-electron chi connectivity index (χ3n) is 3.62. The lowest BCUT2D eigenvalue weighted by Gasteiger charge is -2.20. The second-order valence-electron chi connectivity index (χ2n) is 4.96. The lowest BCUT2D eigenvalue weighted by molar-refractivity contribution is -0.140. The molecule has 18 heavy (non-hydrogen) atoms. The van der Waals surface area contributed by atoms with Gasteiger partial charge in [0.15, 0.2) is 0 Å². The molecule has 0 aromatic rings. The van der Waals surface area contributed by atoms with E-state index in [-0.39, 0.29) is 12.1 Å². The summed E-state index contributed by atoms with van der Waals surface area (Å²) in [5, 5.41) is 11.7. The van der Waals surface area contributed by atoms with Crippen LogP contribution in [0.1, 0.15) is 12.8 Å². The molecular weight excluding hydrogens is 234 g/mol. The average Bonchev–Trinajstić information content (AvgIpc) is 2.96. The molecule has 2 amide bonds. The molecule has 0 aromatic heterocycles. The van der Waals surface area contributed by atoms with Crippen LogP contribution in [0, 0.1) is 11.8 Å². The van der Waals surface area contributed by atoms with Crippen molar-refractivity contribution in [3.8, 4) is 0 Å². The van der Waals surface area contributed by atoms with Crippen molar-refractivity contribution in [1.29, 1.82) is 0 Å². The highest BCUT2D eigenvalue weighted by Gasteiger charge is 2.29. The molecule has 1 heterocycles. The topological polar surface area (TPSA) is 95.7 Å². The molecule has 0 radical (unpaired) electrons. The average molecular weight is 253 g/mol. The number of hydrogen-bond acceptors (Lipinski definition) is 3. The van der Waals surface area contributed by atoms with Crippen molar-refractivity contribution in [2.75, 3.05) is 19.6 Å². The molecule has 2 rings (SSSR count). The van der Waals surface area contributed by atoms with Crippen LogP contribution in [-0.4, -0.2) is 47.7 Å². The van der Waals surface area contributed by atoms with Crippen LogP contribution in [-0.2, 0) is 4.79 Å². The number of urea groups is 1. The van der Waals surface area contributed by atoms with E-state index in [1.165, 1.54) is 0 Å². The van der Waals surface area contributed by atoms with Crippen molar-refractivity contribution in [1.82, 2.24) is 10.2 Å². The first-order valence-corrected chi connectivity index (χ1v) is 6.26. The molecule has 4 N–H and O–H groups in total. The number of likely N-dealkylation sites (tertiary alicyclic amines) is 1. The molecule has 1 aliphatic carbocycles. The van der Waals surface area contributed by atoms with E-state index in [9.17, 15) is 9.59 Å². The van der Waals surface area contributed by atoms with Crippen molar-refractivity contribution in [2.45, 2.75) is 18.9 Å². The van der Waals surface area contributed by atoms with Gasteiger partial charge in [0.2, 0.25) is 0 Å². The molecule has 0 spiro atoms. The summed E-state index contributed by atoms with van der Waals surface area (Å²) in [5.41, 5.74) is 5.58. The number of nitrogens with two attached hydrogens (primary N) is 1. The van der Waals surface area contributed by atoms with Crippen LogP contribution in [0.25, 0.3) is 0 Å². The van der Waals surface area contributed by atoms with Gasteiger partial charge in [0.1, 0.15) is 0 Å². The number of carbonyl (C=O) groups excluding carboxylic acids is 1. The van der Waals surface area contributed by atoms with Gasteiger partial charge in [-0.25, -0.2) is 4.79 Å².